The highest BCUT2D eigenvalue weighted by atomic mass is 16.5. The number of amides is 3. The molecule has 0 aromatic heterocycles. The summed E-state index contributed by atoms with van der Waals surface area (Å²) in [4.78, 5) is 38.4. The van der Waals surface area contributed by atoms with E-state index in [-0.39, 0.29) is 60.8 Å². The molecule has 0 spiro atoms. The molecule has 2 bridgehead atoms. The van der Waals surface area contributed by atoms with E-state index >= 15 is 0 Å². The molecule has 0 saturated carbocycles. The Morgan fingerprint density at radius 1 is 1.25 bits per heavy atom. The van der Waals surface area contributed by atoms with E-state index in [1.807, 2.05) is 0 Å². The quantitative estimate of drug-likeness (QED) is 0.638. The number of fused-ring (bicyclic) bond motifs is 5. The van der Waals surface area contributed by atoms with Gasteiger partial charge < -0.3 is 15.8 Å². The first kappa shape index (κ1) is 17.4. The molecule has 5 atom stereocenters. The van der Waals surface area contributed by atoms with Crippen molar-refractivity contribution in [3.8, 4) is 0 Å². The van der Waals surface area contributed by atoms with Crippen LogP contribution in [0.4, 0.5) is 0 Å². The van der Waals surface area contributed by atoms with Gasteiger partial charge in [-0.15, -0.1) is 0 Å². The number of rotatable bonds is 7. The van der Waals surface area contributed by atoms with Crippen LogP contribution in [0.3, 0.4) is 0 Å². The van der Waals surface area contributed by atoms with Crippen LogP contribution in [0.2, 0.25) is 0 Å². The molecular weight excluding hydrogens is 310 g/mol. The number of hydrogen-bond acceptors (Lipinski definition) is 5. The molecule has 3 heterocycles. The minimum atomic E-state index is -0.322. The van der Waals surface area contributed by atoms with Gasteiger partial charge in [0.2, 0.25) is 17.7 Å². The van der Waals surface area contributed by atoms with Crippen LogP contribution in [-0.4, -0.2) is 54.0 Å². The zero-order valence-corrected chi connectivity index (χ0v) is 14.4. The summed E-state index contributed by atoms with van der Waals surface area (Å²) in [6.45, 7) is 4.68. The Bertz CT molecular complexity index is 508. The van der Waals surface area contributed by atoms with Crippen molar-refractivity contribution < 1.29 is 19.1 Å². The van der Waals surface area contributed by atoms with Gasteiger partial charge in [0.15, 0.2) is 0 Å². The van der Waals surface area contributed by atoms with Gasteiger partial charge >= 0.3 is 0 Å². The Hall–Kier alpha value is -1.47. The molecule has 3 N–H and O–H groups in total. The molecule has 0 aliphatic carbocycles. The molecule has 3 aliphatic heterocycles. The molecule has 3 fully saturated rings. The molecule has 7 heteroatoms. The molecule has 3 amide bonds. The van der Waals surface area contributed by atoms with Gasteiger partial charge in [-0.05, 0) is 25.2 Å². The minimum Gasteiger partial charge on any atom is -0.373 e. The third-order valence-corrected chi connectivity index (χ3v) is 5.34. The first-order chi connectivity index (χ1) is 11.4. The maximum atomic E-state index is 12.5. The molecule has 0 radical (unpaired) electrons. The second-order valence-electron chi connectivity index (χ2n) is 7.55. The summed E-state index contributed by atoms with van der Waals surface area (Å²) in [5, 5.41) is 2.89. The summed E-state index contributed by atoms with van der Waals surface area (Å²) in [5.74, 6) is -0.697. The molecule has 3 saturated heterocycles. The summed E-state index contributed by atoms with van der Waals surface area (Å²) in [5.41, 5.74) is 5.68. The van der Waals surface area contributed by atoms with Crippen molar-refractivity contribution in [3.05, 3.63) is 0 Å². The zero-order chi connectivity index (χ0) is 17.4. The first-order valence-corrected chi connectivity index (χ1v) is 8.92. The van der Waals surface area contributed by atoms with Crippen molar-refractivity contribution in [2.24, 2.45) is 23.5 Å². The Morgan fingerprint density at radius 2 is 1.83 bits per heavy atom. The Kier molecular flexibility index (Phi) is 4.92. The summed E-state index contributed by atoms with van der Waals surface area (Å²) < 4.78 is 5.70. The van der Waals surface area contributed by atoms with Gasteiger partial charge in [-0.1, -0.05) is 13.8 Å². The minimum absolute atomic E-state index is 0.0638. The van der Waals surface area contributed by atoms with Gasteiger partial charge in [-0.2, -0.15) is 0 Å². The lowest BCUT2D eigenvalue weighted by atomic mass is 9.81. The Morgan fingerprint density at radius 3 is 2.33 bits per heavy atom. The van der Waals surface area contributed by atoms with Crippen LogP contribution in [0.1, 0.15) is 39.5 Å². The van der Waals surface area contributed by atoms with E-state index in [4.69, 9.17) is 10.5 Å². The Balaban J connectivity index is 1.52. The monoisotopic (exact) mass is 337 g/mol. The Labute approximate surface area is 142 Å². The third-order valence-electron chi connectivity index (χ3n) is 5.34. The van der Waals surface area contributed by atoms with Crippen LogP contribution in [0.15, 0.2) is 0 Å². The molecule has 24 heavy (non-hydrogen) atoms. The number of nitrogens with zero attached hydrogens (tertiary/aromatic N) is 1. The maximum Gasteiger partial charge on any atom is 0.235 e. The summed E-state index contributed by atoms with van der Waals surface area (Å²) >= 11 is 0. The van der Waals surface area contributed by atoms with E-state index in [0.717, 1.165) is 19.3 Å². The van der Waals surface area contributed by atoms with Gasteiger partial charge in [0.25, 0.3) is 0 Å². The molecule has 134 valence electrons. The summed E-state index contributed by atoms with van der Waals surface area (Å²) in [6.07, 6.45) is 2.43. The summed E-state index contributed by atoms with van der Waals surface area (Å²) in [6, 6.07) is -0.0638. The van der Waals surface area contributed by atoms with E-state index < -0.39 is 0 Å². The first-order valence-electron chi connectivity index (χ1n) is 8.92. The van der Waals surface area contributed by atoms with Gasteiger partial charge in [0.1, 0.15) is 0 Å². The number of imide groups is 1. The van der Waals surface area contributed by atoms with E-state index in [1.54, 1.807) is 0 Å². The van der Waals surface area contributed by atoms with Crippen LogP contribution in [0, 0.1) is 17.8 Å². The molecule has 0 aromatic carbocycles. The van der Waals surface area contributed by atoms with Crippen molar-refractivity contribution in [2.45, 2.75) is 57.8 Å². The highest BCUT2D eigenvalue weighted by molar-refractivity contribution is 6.06. The highest BCUT2D eigenvalue weighted by Gasteiger charge is 2.62. The van der Waals surface area contributed by atoms with E-state index in [1.165, 1.54) is 4.90 Å². The van der Waals surface area contributed by atoms with E-state index in [9.17, 15) is 14.4 Å². The van der Waals surface area contributed by atoms with Gasteiger partial charge in [0.05, 0.1) is 24.0 Å². The lowest BCUT2D eigenvalue weighted by Gasteiger charge is -2.20. The average Bonchev–Trinajstić information content (AvgIpc) is 3.19. The fourth-order valence-corrected chi connectivity index (χ4v) is 4.29. The fraction of sp³-hybridized carbons (Fsp3) is 0.824. The number of ether oxygens (including phenoxy) is 1. The van der Waals surface area contributed by atoms with Crippen molar-refractivity contribution in [1.82, 2.24) is 10.2 Å². The van der Waals surface area contributed by atoms with Crippen molar-refractivity contribution in [2.75, 3.05) is 13.1 Å². The lowest BCUT2D eigenvalue weighted by Crippen LogP contribution is -2.43. The molecular formula is C17H27N3O4. The number of hydrogen-bond donors (Lipinski definition) is 2. The molecule has 3 aliphatic rings. The number of carbonyl (C=O) groups excluding carboxylic acids is 3. The zero-order valence-electron chi connectivity index (χ0n) is 14.4. The number of nitrogens with one attached hydrogen (secondary N) is 1. The van der Waals surface area contributed by atoms with Gasteiger partial charge in [0, 0.05) is 25.6 Å². The second-order valence-corrected chi connectivity index (χ2v) is 7.55. The predicted octanol–water partition coefficient (Wildman–Crippen LogP) is 0.0285. The van der Waals surface area contributed by atoms with Crippen LogP contribution in [0.25, 0.3) is 0 Å². The SMILES string of the molecule is CC(C)CC(CN)NC(=O)CCN1C(=O)C2C3CCC(O3)C2C1=O. The molecule has 5 unspecified atom stereocenters. The third kappa shape index (κ3) is 3.07. The van der Waals surface area contributed by atoms with Gasteiger partial charge in [-0.3, -0.25) is 19.3 Å². The standard InChI is InChI=1S/C17H27N3O4/c1-9(2)7-10(8-18)19-13(21)5-6-20-16(22)14-11-3-4-12(24-11)15(14)17(20)23/h9-12,14-15H,3-8,18H2,1-2H3,(H,19,21). The van der Waals surface area contributed by atoms with Crippen molar-refractivity contribution >= 4 is 17.7 Å². The van der Waals surface area contributed by atoms with Crippen LogP contribution < -0.4 is 11.1 Å². The van der Waals surface area contributed by atoms with Crippen molar-refractivity contribution in [1.29, 1.82) is 0 Å². The average molecular weight is 337 g/mol. The van der Waals surface area contributed by atoms with Crippen LogP contribution in [0.5, 0.6) is 0 Å². The molecule has 0 aromatic rings. The predicted molar refractivity (Wildman–Crippen MR) is 86.7 cm³/mol. The molecule has 7 nitrogen and oxygen atoms in total. The summed E-state index contributed by atoms with van der Waals surface area (Å²) in [7, 11) is 0. The lowest BCUT2D eigenvalue weighted by molar-refractivity contribution is -0.142. The fourth-order valence-electron chi connectivity index (χ4n) is 4.29. The maximum absolute atomic E-state index is 12.5. The number of nitrogens with two attached hydrogens (primary N) is 1. The van der Waals surface area contributed by atoms with Crippen LogP contribution >= 0.6 is 0 Å². The number of carbonyl (C=O) groups is 3. The number of likely N-dealkylation sites (tertiary alicyclic amines) is 1. The van der Waals surface area contributed by atoms with Crippen LogP contribution in [-0.2, 0) is 19.1 Å². The smallest absolute Gasteiger partial charge is 0.235 e. The second kappa shape index (κ2) is 6.80. The van der Waals surface area contributed by atoms with Crippen molar-refractivity contribution in [3.63, 3.8) is 0 Å². The topological polar surface area (TPSA) is 102 Å². The van der Waals surface area contributed by atoms with E-state index in [0.29, 0.717) is 12.5 Å². The normalized spacial score (nSPS) is 32.6. The highest BCUT2D eigenvalue weighted by Crippen LogP contribution is 2.48. The molecule has 3 rings (SSSR count). The van der Waals surface area contributed by atoms with E-state index in [2.05, 4.69) is 19.2 Å². The largest absolute Gasteiger partial charge is 0.373 e. The van der Waals surface area contributed by atoms with Gasteiger partial charge in [-0.25, -0.2) is 0 Å².